The quantitative estimate of drug-likeness (QED) is 0.860. The number of hydrogen-bond acceptors (Lipinski definition) is 4. The van der Waals surface area contributed by atoms with Crippen molar-refractivity contribution in [1.29, 1.82) is 5.26 Å². The molecular formula is C16H20N2O3. The maximum Gasteiger partial charge on any atom is 0.436 e. The van der Waals surface area contributed by atoms with E-state index in [0.717, 1.165) is 25.7 Å². The summed E-state index contributed by atoms with van der Waals surface area (Å²) in [5.41, 5.74) is 3.42. The van der Waals surface area contributed by atoms with Gasteiger partial charge in [-0.2, -0.15) is 10.7 Å². The monoisotopic (exact) mass is 288 g/mol. The SMILES string of the molecule is CCONC(=O)Oc1ccc(C2CCC(C#N)CC2)cc1. The molecule has 1 fully saturated rings. The molecule has 5 nitrogen and oxygen atoms in total. The number of benzene rings is 1. The van der Waals surface area contributed by atoms with E-state index in [1.54, 1.807) is 19.1 Å². The van der Waals surface area contributed by atoms with Crippen molar-refractivity contribution in [1.82, 2.24) is 5.48 Å². The summed E-state index contributed by atoms with van der Waals surface area (Å²) in [5.74, 6) is 1.20. The number of nitriles is 1. The van der Waals surface area contributed by atoms with Gasteiger partial charge in [-0.1, -0.05) is 12.1 Å². The smallest absolute Gasteiger partial charge is 0.409 e. The first kappa shape index (κ1) is 15.3. The van der Waals surface area contributed by atoms with Gasteiger partial charge in [0.25, 0.3) is 0 Å². The van der Waals surface area contributed by atoms with Crippen LogP contribution < -0.4 is 10.2 Å². The van der Waals surface area contributed by atoms with Gasteiger partial charge in [0.2, 0.25) is 0 Å². The lowest BCUT2D eigenvalue weighted by atomic mass is 9.79. The number of hydroxylamine groups is 1. The van der Waals surface area contributed by atoms with Gasteiger partial charge >= 0.3 is 6.09 Å². The van der Waals surface area contributed by atoms with Crippen LogP contribution in [0.25, 0.3) is 0 Å². The summed E-state index contributed by atoms with van der Waals surface area (Å²) in [6.45, 7) is 2.16. The fourth-order valence-electron chi connectivity index (χ4n) is 2.62. The zero-order valence-corrected chi connectivity index (χ0v) is 12.2. The van der Waals surface area contributed by atoms with Crippen LogP contribution in [0.2, 0.25) is 0 Å². The molecule has 0 saturated heterocycles. The molecule has 0 aliphatic heterocycles. The number of carbonyl (C=O) groups is 1. The second kappa shape index (κ2) is 7.65. The molecule has 21 heavy (non-hydrogen) atoms. The van der Waals surface area contributed by atoms with E-state index in [-0.39, 0.29) is 5.92 Å². The predicted octanol–water partition coefficient (Wildman–Crippen LogP) is 3.52. The molecule has 0 atom stereocenters. The minimum Gasteiger partial charge on any atom is -0.409 e. The van der Waals surface area contributed by atoms with E-state index in [1.807, 2.05) is 12.1 Å². The molecule has 0 spiro atoms. The van der Waals surface area contributed by atoms with Crippen molar-refractivity contribution in [3.63, 3.8) is 0 Å². The molecule has 1 N–H and O–H groups in total. The van der Waals surface area contributed by atoms with Gasteiger partial charge in [0.1, 0.15) is 5.75 Å². The highest BCUT2D eigenvalue weighted by Crippen LogP contribution is 2.35. The molecule has 2 rings (SSSR count). The molecule has 1 saturated carbocycles. The third kappa shape index (κ3) is 4.47. The molecule has 1 aliphatic carbocycles. The fourth-order valence-corrected chi connectivity index (χ4v) is 2.62. The lowest BCUT2D eigenvalue weighted by Gasteiger charge is -2.25. The minimum absolute atomic E-state index is 0.214. The van der Waals surface area contributed by atoms with Crippen LogP contribution in [0, 0.1) is 17.2 Å². The molecule has 1 aromatic carbocycles. The lowest BCUT2D eigenvalue weighted by Crippen LogP contribution is -2.26. The van der Waals surface area contributed by atoms with E-state index in [4.69, 9.17) is 14.8 Å². The Morgan fingerprint density at radius 3 is 2.52 bits per heavy atom. The second-order valence-corrected chi connectivity index (χ2v) is 5.17. The first-order valence-corrected chi connectivity index (χ1v) is 7.32. The van der Waals surface area contributed by atoms with Gasteiger partial charge < -0.3 is 4.74 Å². The van der Waals surface area contributed by atoms with Crippen LogP contribution >= 0.6 is 0 Å². The molecule has 0 heterocycles. The molecule has 0 unspecified atom stereocenters. The fraction of sp³-hybridized carbons (Fsp3) is 0.500. The Morgan fingerprint density at radius 2 is 1.95 bits per heavy atom. The highest BCUT2D eigenvalue weighted by Gasteiger charge is 2.22. The number of nitrogens with zero attached hydrogens (tertiary/aromatic N) is 1. The zero-order chi connectivity index (χ0) is 15.1. The van der Waals surface area contributed by atoms with Gasteiger partial charge in [-0.3, -0.25) is 4.84 Å². The van der Waals surface area contributed by atoms with Crippen molar-refractivity contribution in [3.05, 3.63) is 29.8 Å². The number of hydrogen-bond donors (Lipinski definition) is 1. The van der Waals surface area contributed by atoms with Crippen LogP contribution in [0.15, 0.2) is 24.3 Å². The average molecular weight is 288 g/mol. The van der Waals surface area contributed by atoms with Crippen molar-refractivity contribution in [3.8, 4) is 11.8 Å². The summed E-state index contributed by atoms with van der Waals surface area (Å²) in [6, 6.07) is 9.90. The van der Waals surface area contributed by atoms with Crippen molar-refractivity contribution < 1.29 is 14.4 Å². The average Bonchev–Trinajstić information content (AvgIpc) is 2.54. The largest absolute Gasteiger partial charge is 0.436 e. The van der Waals surface area contributed by atoms with Gasteiger partial charge in [0, 0.05) is 5.92 Å². The zero-order valence-electron chi connectivity index (χ0n) is 12.2. The summed E-state index contributed by atoms with van der Waals surface area (Å²) in [4.78, 5) is 16.1. The van der Waals surface area contributed by atoms with Crippen LogP contribution in [0.1, 0.15) is 44.1 Å². The van der Waals surface area contributed by atoms with Crippen molar-refractivity contribution in [2.75, 3.05) is 6.61 Å². The van der Waals surface area contributed by atoms with Gasteiger partial charge in [-0.15, -0.1) is 0 Å². The van der Waals surface area contributed by atoms with E-state index < -0.39 is 6.09 Å². The van der Waals surface area contributed by atoms with Crippen LogP contribution in [-0.4, -0.2) is 12.7 Å². The van der Waals surface area contributed by atoms with E-state index >= 15 is 0 Å². The maximum atomic E-state index is 11.3. The Kier molecular flexibility index (Phi) is 5.59. The molecule has 0 bridgehead atoms. The predicted molar refractivity (Wildman–Crippen MR) is 77.5 cm³/mol. The number of ether oxygens (including phenoxy) is 1. The van der Waals surface area contributed by atoms with Gasteiger partial charge in [0.05, 0.1) is 12.7 Å². The summed E-state index contributed by atoms with van der Waals surface area (Å²) in [5, 5.41) is 8.92. The van der Waals surface area contributed by atoms with Crippen LogP contribution in [-0.2, 0) is 4.84 Å². The molecule has 1 amide bonds. The summed E-state index contributed by atoms with van der Waals surface area (Å²) in [6.07, 6.45) is 3.40. The molecule has 1 aromatic rings. The molecular weight excluding hydrogens is 268 g/mol. The molecule has 112 valence electrons. The number of amides is 1. The summed E-state index contributed by atoms with van der Waals surface area (Å²) in [7, 11) is 0. The van der Waals surface area contributed by atoms with Crippen molar-refractivity contribution in [2.24, 2.45) is 5.92 Å². The van der Waals surface area contributed by atoms with Gasteiger partial charge in [-0.05, 0) is 56.2 Å². The Balaban J connectivity index is 1.87. The first-order chi connectivity index (χ1) is 10.2. The number of nitrogens with one attached hydrogen (secondary N) is 1. The standard InChI is InChI=1S/C16H20N2O3/c1-2-20-18-16(19)21-15-9-7-14(8-10-15)13-5-3-12(11-17)4-6-13/h7-10,12-13H,2-6H2,1H3,(H,18,19). The Bertz CT molecular complexity index is 499. The topological polar surface area (TPSA) is 71.3 Å². The molecule has 0 aromatic heterocycles. The summed E-state index contributed by atoms with van der Waals surface area (Å²) < 4.78 is 5.08. The minimum atomic E-state index is -0.626. The van der Waals surface area contributed by atoms with E-state index in [1.165, 1.54) is 5.56 Å². The van der Waals surface area contributed by atoms with Gasteiger partial charge in [-0.25, -0.2) is 4.79 Å². The van der Waals surface area contributed by atoms with Crippen LogP contribution in [0.4, 0.5) is 4.79 Å². The number of carbonyl (C=O) groups excluding carboxylic acids is 1. The van der Waals surface area contributed by atoms with Crippen molar-refractivity contribution in [2.45, 2.75) is 38.5 Å². The Hall–Kier alpha value is -2.06. The molecule has 1 aliphatic rings. The third-order valence-corrected chi connectivity index (χ3v) is 3.77. The van der Waals surface area contributed by atoms with Crippen molar-refractivity contribution >= 4 is 6.09 Å². The van der Waals surface area contributed by atoms with E-state index in [0.29, 0.717) is 18.3 Å². The molecule has 0 radical (unpaired) electrons. The second-order valence-electron chi connectivity index (χ2n) is 5.17. The Labute approximate surface area is 124 Å². The molecule has 5 heteroatoms. The number of rotatable bonds is 4. The van der Waals surface area contributed by atoms with Gasteiger partial charge in [0.15, 0.2) is 0 Å². The van der Waals surface area contributed by atoms with E-state index in [9.17, 15) is 4.79 Å². The summed E-state index contributed by atoms with van der Waals surface area (Å²) >= 11 is 0. The van der Waals surface area contributed by atoms with Crippen LogP contribution in [0.3, 0.4) is 0 Å². The Morgan fingerprint density at radius 1 is 1.29 bits per heavy atom. The third-order valence-electron chi connectivity index (χ3n) is 3.77. The van der Waals surface area contributed by atoms with Crippen LogP contribution in [0.5, 0.6) is 5.75 Å². The van der Waals surface area contributed by atoms with E-state index in [2.05, 4.69) is 11.5 Å². The lowest BCUT2D eigenvalue weighted by molar-refractivity contribution is 0.0535. The first-order valence-electron chi connectivity index (χ1n) is 7.32. The maximum absolute atomic E-state index is 11.3. The normalized spacial score (nSPS) is 21.3. The highest BCUT2D eigenvalue weighted by atomic mass is 16.7. The highest BCUT2D eigenvalue weighted by molar-refractivity contribution is 5.69.